The highest BCUT2D eigenvalue weighted by molar-refractivity contribution is 6.04. The molecule has 0 saturated heterocycles. The Kier molecular flexibility index (Phi) is 5.46. The van der Waals surface area contributed by atoms with Crippen molar-refractivity contribution in [3.05, 3.63) is 41.7 Å². The second-order valence-corrected chi connectivity index (χ2v) is 5.71. The van der Waals surface area contributed by atoms with Gasteiger partial charge in [-0.05, 0) is 30.7 Å². The van der Waals surface area contributed by atoms with E-state index in [0.717, 1.165) is 18.9 Å². The zero-order valence-corrected chi connectivity index (χ0v) is 14.6. The normalized spacial score (nSPS) is 12.0. The third-order valence-corrected chi connectivity index (χ3v) is 3.86. The third-order valence-electron chi connectivity index (χ3n) is 3.86. The highest BCUT2D eigenvalue weighted by Crippen LogP contribution is 2.35. The first-order valence-corrected chi connectivity index (χ1v) is 8.33. The Labute approximate surface area is 150 Å². The van der Waals surface area contributed by atoms with Crippen LogP contribution in [-0.2, 0) is 0 Å². The lowest BCUT2D eigenvalue weighted by molar-refractivity contribution is 0.102. The molecule has 0 radical (unpaired) electrons. The summed E-state index contributed by atoms with van der Waals surface area (Å²) < 4.78 is 35.4. The van der Waals surface area contributed by atoms with Crippen LogP contribution < -0.4 is 24.3 Å². The fourth-order valence-electron chi connectivity index (χ4n) is 2.51. The van der Waals surface area contributed by atoms with E-state index in [1.807, 2.05) is 6.92 Å². The third kappa shape index (κ3) is 3.82. The Morgan fingerprint density at radius 1 is 1.23 bits per heavy atom. The zero-order valence-electron chi connectivity index (χ0n) is 14.6. The first-order chi connectivity index (χ1) is 12.6. The first-order valence-electron chi connectivity index (χ1n) is 8.33. The first kappa shape index (κ1) is 17.8. The fourth-order valence-corrected chi connectivity index (χ4v) is 2.51. The van der Waals surface area contributed by atoms with E-state index in [-0.39, 0.29) is 23.9 Å². The van der Waals surface area contributed by atoms with E-state index < -0.39 is 11.7 Å². The van der Waals surface area contributed by atoms with E-state index in [2.05, 4.69) is 5.32 Å². The van der Waals surface area contributed by atoms with Crippen molar-refractivity contribution in [3.63, 3.8) is 0 Å². The lowest BCUT2D eigenvalue weighted by Crippen LogP contribution is -2.13. The van der Waals surface area contributed by atoms with Crippen molar-refractivity contribution < 1.29 is 28.1 Å². The minimum atomic E-state index is -0.655. The number of ether oxygens (including phenoxy) is 4. The van der Waals surface area contributed by atoms with E-state index in [1.54, 1.807) is 18.2 Å². The molecule has 1 N–H and O–H groups in total. The van der Waals surface area contributed by atoms with Crippen LogP contribution in [0.3, 0.4) is 0 Å². The maximum atomic E-state index is 14.3. The molecule has 1 heterocycles. The molecule has 3 rings (SSSR count). The van der Waals surface area contributed by atoms with E-state index in [9.17, 15) is 9.18 Å². The van der Waals surface area contributed by atoms with Crippen molar-refractivity contribution in [1.29, 1.82) is 0 Å². The summed E-state index contributed by atoms with van der Waals surface area (Å²) in [4.78, 5) is 12.5. The number of hydrogen-bond acceptors (Lipinski definition) is 5. The maximum absolute atomic E-state index is 14.3. The lowest BCUT2D eigenvalue weighted by Gasteiger charge is -2.13. The smallest absolute Gasteiger partial charge is 0.255 e. The molecule has 0 unspecified atom stereocenters. The number of halogens is 1. The fraction of sp³-hybridized carbons (Fsp3) is 0.316. The van der Waals surface area contributed by atoms with Crippen molar-refractivity contribution in [1.82, 2.24) is 0 Å². The molecule has 0 fully saturated rings. The number of hydrogen-bond donors (Lipinski definition) is 1. The number of methoxy groups -OCH3 is 1. The van der Waals surface area contributed by atoms with Crippen LogP contribution in [0.1, 0.15) is 30.1 Å². The molecule has 0 aromatic heterocycles. The van der Waals surface area contributed by atoms with Gasteiger partial charge in [-0.25, -0.2) is 4.39 Å². The number of carbonyl (C=O) groups excluding carboxylic acids is 1. The van der Waals surface area contributed by atoms with Crippen molar-refractivity contribution >= 4 is 11.6 Å². The van der Waals surface area contributed by atoms with Crippen LogP contribution in [0.4, 0.5) is 10.1 Å². The molecule has 26 heavy (non-hydrogen) atoms. The van der Waals surface area contributed by atoms with Gasteiger partial charge in [-0.2, -0.15) is 0 Å². The highest BCUT2D eigenvalue weighted by atomic mass is 19.1. The molecule has 0 atom stereocenters. The van der Waals surface area contributed by atoms with Crippen molar-refractivity contribution in [2.45, 2.75) is 19.8 Å². The van der Waals surface area contributed by atoms with Gasteiger partial charge >= 0.3 is 0 Å². The molecule has 0 bridgehead atoms. The van der Waals surface area contributed by atoms with Crippen molar-refractivity contribution in [2.75, 3.05) is 25.8 Å². The van der Waals surface area contributed by atoms with E-state index in [0.29, 0.717) is 23.8 Å². The second kappa shape index (κ2) is 7.95. The van der Waals surface area contributed by atoms with Crippen LogP contribution in [0.5, 0.6) is 23.0 Å². The van der Waals surface area contributed by atoms with E-state index in [1.165, 1.54) is 13.2 Å². The SMILES string of the molecule is CCCCOc1cc(C(=O)Nc2ccc3c(c2)OCO3)cc(F)c1OC. The summed E-state index contributed by atoms with van der Waals surface area (Å²) in [6.45, 7) is 2.59. The molecule has 6 nitrogen and oxygen atoms in total. The average molecular weight is 361 g/mol. The number of rotatable bonds is 7. The van der Waals surface area contributed by atoms with Crippen LogP contribution in [-0.4, -0.2) is 26.4 Å². The van der Waals surface area contributed by atoms with Crippen LogP contribution >= 0.6 is 0 Å². The number of carbonyl (C=O) groups is 1. The Bertz CT molecular complexity index is 809. The molecule has 0 spiro atoms. The molecule has 0 aliphatic carbocycles. The van der Waals surface area contributed by atoms with Crippen LogP contribution in [0.15, 0.2) is 30.3 Å². The van der Waals surface area contributed by atoms with Gasteiger partial charge in [-0.1, -0.05) is 13.3 Å². The molecule has 0 saturated carbocycles. The predicted molar refractivity (Wildman–Crippen MR) is 93.9 cm³/mol. The molecule has 138 valence electrons. The van der Waals surface area contributed by atoms with E-state index >= 15 is 0 Å². The van der Waals surface area contributed by atoms with Gasteiger partial charge in [0, 0.05) is 17.3 Å². The van der Waals surface area contributed by atoms with Gasteiger partial charge in [0.25, 0.3) is 5.91 Å². The van der Waals surface area contributed by atoms with Crippen LogP contribution in [0.2, 0.25) is 0 Å². The monoisotopic (exact) mass is 361 g/mol. The van der Waals surface area contributed by atoms with Gasteiger partial charge in [-0.15, -0.1) is 0 Å². The van der Waals surface area contributed by atoms with Crippen molar-refractivity contribution in [3.8, 4) is 23.0 Å². The van der Waals surface area contributed by atoms with Crippen LogP contribution in [0.25, 0.3) is 0 Å². The minimum absolute atomic E-state index is 0.0132. The van der Waals surface area contributed by atoms with Gasteiger partial charge in [0.05, 0.1) is 13.7 Å². The molecule has 1 amide bonds. The summed E-state index contributed by atoms with van der Waals surface area (Å²) in [5, 5.41) is 2.71. The Morgan fingerprint density at radius 2 is 2.04 bits per heavy atom. The highest BCUT2D eigenvalue weighted by Gasteiger charge is 2.18. The maximum Gasteiger partial charge on any atom is 0.255 e. The number of nitrogens with one attached hydrogen (secondary N) is 1. The summed E-state index contributed by atoms with van der Waals surface area (Å²) >= 11 is 0. The summed E-state index contributed by atoms with van der Waals surface area (Å²) in [6.07, 6.45) is 1.76. The van der Waals surface area contributed by atoms with Crippen LogP contribution in [0, 0.1) is 5.82 Å². The second-order valence-electron chi connectivity index (χ2n) is 5.71. The Morgan fingerprint density at radius 3 is 2.81 bits per heavy atom. The molecule has 1 aliphatic rings. The summed E-state index contributed by atoms with van der Waals surface area (Å²) in [6, 6.07) is 7.63. The molecule has 1 aliphatic heterocycles. The van der Waals surface area contributed by atoms with Gasteiger partial charge in [0.1, 0.15) is 0 Å². The standard InChI is InChI=1S/C19H20FNO5/c1-3-4-7-24-17-9-12(8-14(20)18(17)23-2)19(22)21-13-5-6-15-16(10-13)26-11-25-15/h5-6,8-10H,3-4,7,11H2,1-2H3,(H,21,22). The number of benzene rings is 2. The lowest BCUT2D eigenvalue weighted by atomic mass is 10.1. The zero-order chi connectivity index (χ0) is 18.5. The van der Waals surface area contributed by atoms with E-state index in [4.69, 9.17) is 18.9 Å². The summed E-state index contributed by atoms with van der Waals surface area (Å²) in [5.41, 5.74) is 0.649. The van der Waals surface area contributed by atoms with Gasteiger partial charge in [0.2, 0.25) is 6.79 Å². The summed E-state index contributed by atoms with van der Waals surface area (Å²) in [7, 11) is 1.36. The average Bonchev–Trinajstić information content (AvgIpc) is 3.09. The van der Waals surface area contributed by atoms with Gasteiger partial charge < -0.3 is 24.3 Å². The molecule has 2 aromatic carbocycles. The molecule has 2 aromatic rings. The number of anilines is 1. The summed E-state index contributed by atoms with van der Waals surface area (Å²) in [5.74, 6) is 0.234. The number of unbranched alkanes of at least 4 members (excludes halogenated alkanes) is 1. The largest absolute Gasteiger partial charge is 0.490 e. The number of fused-ring (bicyclic) bond motifs is 1. The Hall–Kier alpha value is -2.96. The van der Waals surface area contributed by atoms with Gasteiger partial charge in [-0.3, -0.25) is 4.79 Å². The minimum Gasteiger partial charge on any atom is -0.490 e. The van der Waals surface area contributed by atoms with Gasteiger partial charge in [0.15, 0.2) is 28.8 Å². The predicted octanol–water partition coefficient (Wildman–Crippen LogP) is 3.99. The molecule has 7 heteroatoms. The molecular formula is C19H20FNO5. The molecular weight excluding hydrogens is 341 g/mol. The topological polar surface area (TPSA) is 66.0 Å². The Balaban J connectivity index is 1.79. The van der Waals surface area contributed by atoms with Crippen molar-refractivity contribution in [2.24, 2.45) is 0 Å². The quantitative estimate of drug-likeness (QED) is 0.755. The number of amides is 1.